The van der Waals surface area contributed by atoms with E-state index in [0.717, 1.165) is 17.0 Å². The molecule has 0 saturated heterocycles. The van der Waals surface area contributed by atoms with Crippen molar-refractivity contribution < 1.29 is 32.0 Å². The van der Waals surface area contributed by atoms with Gasteiger partial charge in [0.2, 0.25) is 17.6 Å². The van der Waals surface area contributed by atoms with Gasteiger partial charge in [-0.1, -0.05) is 28.9 Å². The third kappa shape index (κ3) is 6.22. The predicted molar refractivity (Wildman–Crippen MR) is 112 cm³/mol. The molecule has 0 aliphatic carbocycles. The zero-order valence-electron chi connectivity index (χ0n) is 17.4. The molecule has 174 valence electrons. The van der Waals surface area contributed by atoms with Crippen LogP contribution >= 0.6 is 11.6 Å². The average Bonchev–Trinajstić information content (AvgIpc) is 3.17. The van der Waals surface area contributed by atoms with Crippen molar-refractivity contribution in [1.82, 2.24) is 15.0 Å². The van der Waals surface area contributed by atoms with Crippen molar-refractivity contribution in [3.8, 4) is 5.75 Å². The van der Waals surface area contributed by atoms with Gasteiger partial charge in [0.05, 0.1) is 22.7 Å². The third-order valence-electron chi connectivity index (χ3n) is 4.33. The van der Waals surface area contributed by atoms with Crippen LogP contribution in [-0.4, -0.2) is 40.4 Å². The summed E-state index contributed by atoms with van der Waals surface area (Å²) in [5.74, 6) is -0.320. The Kier molecular flexibility index (Phi) is 7.22. The second-order valence-electron chi connectivity index (χ2n) is 6.92. The zero-order valence-corrected chi connectivity index (χ0v) is 18.2. The van der Waals surface area contributed by atoms with E-state index >= 15 is 0 Å². The molecule has 0 unspecified atom stereocenters. The molecule has 3 aromatic rings. The molecule has 1 N–H and O–H groups in total. The standard InChI is InChI=1S/C21H18ClF3N4O4/c1-12-26-18(28-33-12)11-32-17-6-4-3-5-14(17)20(31)29(2)10-19(30)27-13-7-8-16(22)15(9-13)21(23,24)25/h3-9H,10-11H2,1-2H3,(H,27,30). The van der Waals surface area contributed by atoms with E-state index in [1.165, 1.54) is 19.2 Å². The molecule has 1 aromatic heterocycles. The number of carbonyl (C=O) groups excluding carboxylic acids is 2. The lowest BCUT2D eigenvalue weighted by molar-refractivity contribution is -0.137. The van der Waals surface area contributed by atoms with E-state index in [2.05, 4.69) is 15.5 Å². The van der Waals surface area contributed by atoms with E-state index in [1.54, 1.807) is 25.1 Å². The molecule has 0 fully saturated rings. The number of rotatable bonds is 7. The summed E-state index contributed by atoms with van der Waals surface area (Å²) in [7, 11) is 1.38. The van der Waals surface area contributed by atoms with Gasteiger partial charge in [-0.05, 0) is 30.3 Å². The van der Waals surface area contributed by atoms with Gasteiger partial charge in [0, 0.05) is 19.7 Å². The predicted octanol–water partition coefficient (Wildman–Crippen LogP) is 4.34. The molecule has 0 aliphatic heterocycles. The molecule has 33 heavy (non-hydrogen) atoms. The fourth-order valence-electron chi connectivity index (χ4n) is 2.83. The van der Waals surface area contributed by atoms with Crippen LogP contribution in [0.1, 0.15) is 27.6 Å². The highest BCUT2D eigenvalue weighted by molar-refractivity contribution is 6.31. The second-order valence-corrected chi connectivity index (χ2v) is 7.32. The first-order valence-electron chi connectivity index (χ1n) is 9.47. The first-order valence-corrected chi connectivity index (χ1v) is 9.85. The lowest BCUT2D eigenvalue weighted by Crippen LogP contribution is -2.35. The minimum absolute atomic E-state index is 0.0378. The number of nitrogens with zero attached hydrogens (tertiary/aromatic N) is 3. The molecule has 0 bridgehead atoms. The summed E-state index contributed by atoms with van der Waals surface area (Å²) in [6.45, 7) is 1.17. The first-order chi connectivity index (χ1) is 15.5. The van der Waals surface area contributed by atoms with Crippen molar-refractivity contribution in [2.45, 2.75) is 19.7 Å². The number of benzene rings is 2. The zero-order chi connectivity index (χ0) is 24.2. The van der Waals surface area contributed by atoms with Gasteiger partial charge in [-0.15, -0.1) is 0 Å². The molecule has 0 spiro atoms. The smallest absolute Gasteiger partial charge is 0.417 e. The molecule has 2 amide bonds. The number of alkyl halides is 3. The normalized spacial score (nSPS) is 11.2. The van der Waals surface area contributed by atoms with Crippen LogP contribution in [0.15, 0.2) is 47.0 Å². The number of carbonyl (C=O) groups is 2. The molecule has 0 radical (unpaired) electrons. The van der Waals surface area contributed by atoms with Crippen LogP contribution in [0, 0.1) is 6.92 Å². The Balaban J connectivity index is 1.65. The van der Waals surface area contributed by atoms with E-state index in [4.69, 9.17) is 20.9 Å². The molecule has 0 saturated carbocycles. The number of para-hydroxylation sites is 1. The number of halogens is 4. The van der Waals surface area contributed by atoms with Crippen LogP contribution in [0.4, 0.5) is 18.9 Å². The summed E-state index contributed by atoms with van der Waals surface area (Å²) in [6.07, 6.45) is -4.67. The minimum Gasteiger partial charge on any atom is -0.485 e. The van der Waals surface area contributed by atoms with Gasteiger partial charge >= 0.3 is 6.18 Å². The van der Waals surface area contributed by atoms with Crippen molar-refractivity contribution in [3.63, 3.8) is 0 Å². The maximum atomic E-state index is 13.0. The number of likely N-dealkylation sites (N-methyl/N-ethyl adjacent to an activating group) is 1. The first kappa shape index (κ1) is 24.1. The largest absolute Gasteiger partial charge is 0.485 e. The van der Waals surface area contributed by atoms with Crippen LogP contribution in [-0.2, 0) is 17.6 Å². The fourth-order valence-corrected chi connectivity index (χ4v) is 3.05. The van der Waals surface area contributed by atoms with Crippen LogP contribution in [0.2, 0.25) is 5.02 Å². The summed E-state index contributed by atoms with van der Waals surface area (Å²) >= 11 is 5.58. The number of aryl methyl sites for hydroxylation is 1. The lowest BCUT2D eigenvalue weighted by Gasteiger charge is -2.19. The van der Waals surface area contributed by atoms with Crippen LogP contribution in [0.3, 0.4) is 0 Å². The highest BCUT2D eigenvalue weighted by Crippen LogP contribution is 2.36. The van der Waals surface area contributed by atoms with Gasteiger partial charge in [-0.2, -0.15) is 18.2 Å². The lowest BCUT2D eigenvalue weighted by atomic mass is 10.1. The quantitative estimate of drug-likeness (QED) is 0.538. The average molecular weight is 483 g/mol. The van der Waals surface area contributed by atoms with Crippen molar-refractivity contribution >= 4 is 29.1 Å². The monoisotopic (exact) mass is 482 g/mol. The van der Waals surface area contributed by atoms with Crippen molar-refractivity contribution in [1.29, 1.82) is 0 Å². The van der Waals surface area contributed by atoms with Crippen molar-refractivity contribution in [2.24, 2.45) is 0 Å². The molecular weight excluding hydrogens is 465 g/mol. The summed E-state index contributed by atoms with van der Waals surface area (Å²) in [5, 5.41) is 5.56. The van der Waals surface area contributed by atoms with Gasteiger partial charge in [-0.3, -0.25) is 9.59 Å². The molecule has 1 heterocycles. The molecular formula is C21H18ClF3N4O4. The topological polar surface area (TPSA) is 97.6 Å². The molecule has 0 atom stereocenters. The SMILES string of the molecule is Cc1nc(COc2ccccc2C(=O)N(C)CC(=O)Nc2ccc(Cl)c(C(F)(F)F)c2)no1. The van der Waals surface area contributed by atoms with Gasteiger partial charge in [0.15, 0.2) is 6.61 Å². The van der Waals surface area contributed by atoms with Gasteiger partial charge < -0.3 is 19.5 Å². The fraction of sp³-hybridized carbons (Fsp3) is 0.238. The number of amides is 2. The Morgan fingerprint density at radius 1 is 1.21 bits per heavy atom. The van der Waals surface area contributed by atoms with E-state index in [9.17, 15) is 22.8 Å². The Morgan fingerprint density at radius 3 is 2.61 bits per heavy atom. The third-order valence-corrected chi connectivity index (χ3v) is 4.66. The van der Waals surface area contributed by atoms with Crippen LogP contribution in [0.5, 0.6) is 5.75 Å². The maximum absolute atomic E-state index is 13.0. The van der Waals surface area contributed by atoms with Gasteiger partial charge in [0.1, 0.15) is 5.75 Å². The molecule has 12 heteroatoms. The summed E-state index contributed by atoms with van der Waals surface area (Å²) in [5.41, 5.74) is -0.996. The van der Waals surface area contributed by atoms with Crippen LogP contribution < -0.4 is 10.1 Å². The number of ether oxygens (including phenoxy) is 1. The number of anilines is 1. The van der Waals surface area contributed by atoms with E-state index < -0.39 is 35.1 Å². The Labute approximate surface area is 191 Å². The molecule has 0 aliphatic rings. The minimum atomic E-state index is -4.67. The number of aromatic nitrogens is 2. The summed E-state index contributed by atoms with van der Waals surface area (Å²) in [4.78, 5) is 30.3. The van der Waals surface area contributed by atoms with Gasteiger partial charge in [0.25, 0.3) is 5.91 Å². The van der Waals surface area contributed by atoms with Gasteiger partial charge in [-0.25, -0.2) is 0 Å². The Bertz CT molecular complexity index is 1170. The Morgan fingerprint density at radius 2 is 1.94 bits per heavy atom. The highest BCUT2D eigenvalue weighted by atomic mass is 35.5. The maximum Gasteiger partial charge on any atom is 0.417 e. The second kappa shape index (κ2) is 9.90. The summed E-state index contributed by atoms with van der Waals surface area (Å²) < 4.78 is 49.5. The molecule has 2 aromatic carbocycles. The van der Waals surface area contributed by atoms with Crippen molar-refractivity contribution in [2.75, 3.05) is 18.9 Å². The number of hydrogen-bond acceptors (Lipinski definition) is 6. The van der Waals surface area contributed by atoms with Crippen LogP contribution in [0.25, 0.3) is 0 Å². The number of nitrogens with one attached hydrogen (secondary N) is 1. The van der Waals surface area contributed by atoms with E-state index in [0.29, 0.717) is 11.7 Å². The highest BCUT2D eigenvalue weighted by Gasteiger charge is 2.33. The number of hydrogen-bond donors (Lipinski definition) is 1. The van der Waals surface area contributed by atoms with E-state index in [1.807, 2.05) is 0 Å². The molecule has 3 rings (SSSR count). The molecule has 8 nitrogen and oxygen atoms in total. The Hall–Kier alpha value is -3.60. The summed E-state index contributed by atoms with van der Waals surface area (Å²) in [6, 6.07) is 9.37. The van der Waals surface area contributed by atoms with E-state index in [-0.39, 0.29) is 23.6 Å². The van der Waals surface area contributed by atoms with Crippen molar-refractivity contribution in [3.05, 3.63) is 70.3 Å².